The molecular weight excluding hydrogens is 382 g/mol. The number of carboxylic acid groups (broad SMARTS) is 1. The molecule has 1 fully saturated rings. The summed E-state index contributed by atoms with van der Waals surface area (Å²) >= 11 is 0. The van der Waals surface area contributed by atoms with Crippen LogP contribution in [0.25, 0.3) is 0 Å². The van der Waals surface area contributed by atoms with Crippen molar-refractivity contribution in [2.75, 3.05) is 20.6 Å². The summed E-state index contributed by atoms with van der Waals surface area (Å²) in [6.45, 7) is 12.3. The van der Waals surface area contributed by atoms with E-state index in [9.17, 15) is 19.5 Å². The molecule has 30 heavy (non-hydrogen) atoms. The molecule has 0 aliphatic carbocycles. The summed E-state index contributed by atoms with van der Waals surface area (Å²) in [6.07, 6.45) is 4.54. The Labute approximate surface area is 181 Å². The van der Waals surface area contributed by atoms with Crippen molar-refractivity contribution in [1.29, 1.82) is 0 Å². The molecule has 1 heterocycles. The van der Waals surface area contributed by atoms with E-state index in [0.717, 1.165) is 25.8 Å². The quantitative estimate of drug-likeness (QED) is 0.557. The van der Waals surface area contributed by atoms with Crippen LogP contribution in [-0.4, -0.2) is 71.5 Å². The maximum atomic E-state index is 13.3. The number of carbonyl (C=O) groups is 3. The Hall–Kier alpha value is -1.89. The van der Waals surface area contributed by atoms with Crippen LogP contribution < -0.4 is 5.32 Å². The minimum Gasteiger partial charge on any atom is -0.478 e. The molecule has 0 aromatic carbocycles. The van der Waals surface area contributed by atoms with Gasteiger partial charge in [0.25, 0.3) is 0 Å². The molecule has 7 heteroatoms. The monoisotopic (exact) mass is 423 g/mol. The maximum Gasteiger partial charge on any atom is 0.331 e. The lowest BCUT2D eigenvalue weighted by molar-refractivity contribution is -0.140. The number of hydrogen-bond donors (Lipinski definition) is 2. The average molecular weight is 424 g/mol. The molecular formula is C23H41N3O4. The largest absolute Gasteiger partial charge is 0.478 e. The van der Waals surface area contributed by atoms with Crippen molar-refractivity contribution >= 4 is 17.8 Å². The number of carboxylic acids is 1. The SMILES string of the molecule is CC[C@H]1CCC(C(=O)NC(C(=O)N(C)[C@H](/C=C(\C)C(=O)O)C(C)C)C(C)C)N(C)C1. The number of rotatable bonds is 9. The lowest BCUT2D eigenvalue weighted by Crippen LogP contribution is -2.58. The molecule has 0 aromatic heterocycles. The molecule has 0 bridgehead atoms. The number of aliphatic carboxylic acids is 1. The molecule has 1 aliphatic rings. The third-order valence-corrected chi connectivity index (χ3v) is 6.27. The lowest BCUT2D eigenvalue weighted by Gasteiger charge is -2.38. The van der Waals surface area contributed by atoms with Crippen molar-refractivity contribution in [3.63, 3.8) is 0 Å². The molecule has 0 spiro atoms. The van der Waals surface area contributed by atoms with Crippen LogP contribution in [0.1, 0.15) is 60.8 Å². The number of piperidine rings is 1. The number of nitrogens with one attached hydrogen (secondary N) is 1. The summed E-state index contributed by atoms with van der Waals surface area (Å²) in [5.41, 5.74) is 0.202. The van der Waals surface area contributed by atoms with Crippen molar-refractivity contribution in [3.05, 3.63) is 11.6 Å². The first-order valence-corrected chi connectivity index (χ1v) is 11.1. The van der Waals surface area contributed by atoms with Crippen molar-refractivity contribution in [3.8, 4) is 0 Å². The molecule has 2 unspecified atom stereocenters. The Morgan fingerprint density at radius 2 is 1.77 bits per heavy atom. The summed E-state index contributed by atoms with van der Waals surface area (Å²) in [7, 11) is 3.65. The van der Waals surface area contributed by atoms with Crippen LogP contribution in [0.15, 0.2) is 11.6 Å². The van der Waals surface area contributed by atoms with E-state index >= 15 is 0 Å². The summed E-state index contributed by atoms with van der Waals surface area (Å²) in [4.78, 5) is 41.2. The van der Waals surface area contributed by atoms with Crippen LogP contribution in [0.3, 0.4) is 0 Å². The molecule has 2 N–H and O–H groups in total. The van der Waals surface area contributed by atoms with Crippen LogP contribution in [0.2, 0.25) is 0 Å². The van der Waals surface area contributed by atoms with Gasteiger partial charge in [-0.1, -0.05) is 47.1 Å². The van der Waals surface area contributed by atoms with Gasteiger partial charge in [0.15, 0.2) is 0 Å². The third-order valence-electron chi connectivity index (χ3n) is 6.27. The fourth-order valence-corrected chi connectivity index (χ4v) is 4.11. The summed E-state index contributed by atoms with van der Waals surface area (Å²) in [6, 6.07) is -1.24. The van der Waals surface area contributed by atoms with Gasteiger partial charge in [-0.25, -0.2) is 4.79 Å². The molecule has 2 amide bonds. The van der Waals surface area contributed by atoms with Gasteiger partial charge >= 0.3 is 5.97 Å². The van der Waals surface area contributed by atoms with Crippen LogP contribution in [0.5, 0.6) is 0 Å². The van der Waals surface area contributed by atoms with Gasteiger partial charge in [0.05, 0.1) is 12.1 Å². The number of hydrogen-bond acceptors (Lipinski definition) is 4. The molecule has 0 saturated carbocycles. The second-order valence-corrected chi connectivity index (χ2v) is 9.38. The molecule has 4 atom stereocenters. The van der Waals surface area contributed by atoms with Gasteiger partial charge in [0.1, 0.15) is 6.04 Å². The van der Waals surface area contributed by atoms with Crippen LogP contribution in [0.4, 0.5) is 0 Å². The number of likely N-dealkylation sites (N-methyl/N-ethyl adjacent to an activating group) is 2. The first kappa shape index (κ1) is 26.1. The first-order chi connectivity index (χ1) is 13.9. The molecule has 7 nitrogen and oxygen atoms in total. The lowest BCUT2D eigenvalue weighted by atomic mass is 9.90. The molecule has 172 valence electrons. The molecule has 0 radical (unpaired) electrons. The van der Waals surface area contributed by atoms with Crippen molar-refractivity contribution in [2.45, 2.75) is 78.9 Å². The van der Waals surface area contributed by atoms with Crippen LogP contribution in [0, 0.1) is 17.8 Å². The number of nitrogens with zero attached hydrogens (tertiary/aromatic N) is 2. The average Bonchev–Trinajstić information content (AvgIpc) is 2.67. The fourth-order valence-electron chi connectivity index (χ4n) is 4.11. The zero-order valence-electron chi connectivity index (χ0n) is 19.9. The molecule has 0 aromatic rings. The highest BCUT2D eigenvalue weighted by atomic mass is 16.4. The Bertz CT molecular complexity index is 644. The second kappa shape index (κ2) is 11.5. The van der Waals surface area contributed by atoms with Gasteiger partial charge in [-0.3, -0.25) is 14.5 Å². The smallest absolute Gasteiger partial charge is 0.331 e. The Balaban J connectivity index is 2.97. The Kier molecular flexibility index (Phi) is 10.0. The van der Waals surface area contributed by atoms with E-state index in [0.29, 0.717) is 5.92 Å². The topological polar surface area (TPSA) is 90.0 Å². The van der Waals surface area contributed by atoms with Gasteiger partial charge in [0, 0.05) is 19.2 Å². The van der Waals surface area contributed by atoms with Crippen molar-refractivity contribution in [2.24, 2.45) is 17.8 Å². The zero-order chi connectivity index (χ0) is 23.2. The fraction of sp³-hybridized carbons (Fsp3) is 0.783. The number of amides is 2. The molecule has 1 rings (SSSR count). The van der Waals surface area contributed by atoms with Crippen molar-refractivity contribution < 1.29 is 19.5 Å². The van der Waals surface area contributed by atoms with E-state index in [4.69, 9.17) is 0 Å². The van der Waals surface area contributed by atoms with E-state index in [1.165, 1.54) is 6.92 Å². The molecule has 1 saturated heterocycles. The van der Waals surface area contributed by atoms with Gasteiger partial charge in [-0.2, -0.15) is 0 Å². The van der Waals surface area contributed by atoms with E-state index < -0.39 is 12.0 Å². The third kappa shape index (κ3) is 6.83. The number of likely N-dealkylation sites (tertiary alicyclic amines) is 1. The summed E-state index contributed by atoms with van der Waals surface area (Å²) in [5, 5.41) is 12.2. The van der Waals surface area contributed by atoms with Gasteiger partial charge < -0.3 is 15.3 Å². The van der Waals surface area contributed by atoms with E-state index in [1.807, 2.05) is 34.7 Å². The Morgan fingerprint density at radius 3 is 2.20 bits per heavy atom. The minimum absolute atomic E-state index is 0.0345. The van der Waals surface area contributed by atoms with E-state index in [-0.39, 0.29) is 41.3 Å². The van der Waals surface area contributed by atoms with Gasteiger partial charge in [-0.05, 0) is 44.6 Å². The van der Waals surface area contributed by atoms with E-state index in [2.05, 4.69) is 17.1 Å². The normalized spacial score (nSPS) is 22.7. The molecule has 1 aliphatic heterocycles. The standard InChI is InChI=1S/C23H41N3O4/c1-9-17-10-11-18(25(7)13-17)21(27)24-20(15(4)5)22(28)26(8)19(14(2)3)12-16(6)23(29)30/h12,14-15,17-20H,9-11,13H2,1-8H3,(H,24,27)(H,29,30)/b16-12+/t17-,18?,19+,20?/m0/s1. The summed E-state index contributed by atoms with van der Waals surface area (Å²) in [5.74, 6) is -0.738. The zero-order valence-corrected chi connectivity index (χ0v) is 19.9. The summed E-state index contributed by atoms with van der Waals surface area (Å²) < 4.78 is 0. The van der Waals surface area contributed by atoms with Crippen molar-refractivity contribution in [1.82, 2.24) is 15.1 Å². The highest BCUT2D eigenvalue weighted by Gasteiger charge is 2.35. The predicted molar refractivity (Wildman–Crippen MR) is 119 cm³/mol. The highest BCUT2D eigenvalue weighted by Crippen LogP contribution is 2.23. The van der Waals surface area contributed by atoms with Gasteiger partial charge in [0.2, 0.25) is 11.8 Å². The first-order valence-electron chi connectivity index (χ1n) is 11.1. The minimum atomic E-state index is -0.999. The van der Waals surface area contributed by atoms with Crippen LogP contribution >= 0.6 is 0 Å². The maximum absolute atomic E-state index is 13.3. The van der Waals surface area contributed by atoms with E-state index in [1.54, 1.807) is 18.0 Å². The van der Waals surface area contributed by atoms with Gasteiger partial charge in [-0.15, -0.1) is 0 Å². The number of carbonyl (C=O) groups excluding carboxylic acids is 2. The second-order valence-electron chi connectivity index (χ2n) is 9.38. The Morgan fingerprint density at radius 1 is 1.17 bits per heavy atom. The highest BCUT2D eigenvalue weighted by molar-refractivity contribution is 5.90. The predicted octanol–water partition coefficient (Wildman–Crippen LogP) is 2.76. The van der Waals surface area contributed by atoms with Crippen LogP contribution in [-0.2, 0) is 14.4 Å².